The van der Waals surface area contributed by atoms with Gasteiger partial charge in [-0.1, -0.05) is 6.07 Å². The van der Waals surface area contributed by atoms with Crippen LogP contribution in [0.5, 0.6) is 11.5 Å². The van der Waals surface area contributed by atoms with Crippen molar-refractivity contribution in [2.45, 2.75) is 6.92 Å². The topological polar surface area (TPSA) is 73.9 Å². The van der Waals surface area contributed by atoms with E-state index < -0.39 is 0 Å². The van der Waals surface area contributed by atoms with Crippen LogP contribution in [-0.2, 0) is 4.79 Å². The summed E-state index contributed by atoms with van der Waals surface area (Å²) in [5.41, 5.74) is 6.34. The summed E-state index contributed by atoms with van der Waals surface area (Å²) in [7, 11) is 1.58. The lowest BCUT2D eigenvalue weighted by Gasteiger charge is -2.09. The minimum Gasteiger partial charge on any atom is -0.493 e. The highest BCUT2D eigenvalue weighted by atomic mass is 32.2. The molecule has 6 heteroatoms. The Morgan fingerprint density at radius 3 is 2.79 bits per heavy atom. The number of carbonyl (C=O) groups is 1. The Hall–Kier alpha value is -1.95. The molecular weight excluding hydrogens is 264 g/mol. The molecule has 1 heterocycles. The molecule has 0 aliphatic carbocycles. The fraction of sp³-hybridized carbons (Fsp3) is 0.231. The van der Waals surface area contributed by atoms with Gasteiger partial charge in [0.05, 0.1) is 18.6 Å². The Balaban J connectivity index is 2.29. The lowest BCUT2D eigenvalue weighted by molar-refractivity contribution is -0.113. The van der Waals surface area contributed by atoms with E-state index in [2.05, 4.69) is 4.99 Å². The van der Waals surface area contributed by atoms with Crippen LogP contribution < -0.4 is 15.2 Å². The summed E-state index contributed by atoms with van der Waals surface area (Å²) in [6.45, 7) is 2.44. The van der Waals surface area contributed by atoms with Crippen molar-refractivity contribution in [3.63, 3.8) is 0 Å². The number of methoxy groups -OCH3 is 1. The molecule has 19 heavy (non-hydrogen) atoms. The number of benzene rings is 1. The first-order chi connectivity index (χ1) is 9.13. The number of amidine groups is 1. The first kappa shape index (κ1) is 13.5. The van der Waals surface area contributed by atoms with E-state index in [-0.39, 0.29) is 11.1 Å². The van der Waals surface area contributed by atoms with Crippen LogP contribution in [0.25, 0.3) is 6.08 Å². The predicted molar refractivity (Wildman–Crippen MR) is 76.4 cm³/mol. The Labute approximate surface area is 115 Å². The molecule has 0 bridgehead atoms. The Kier molecular flexibility index (Phi) is 4.11. The van der Waals surface area contributed by atoms with Crippen LogP contribution in [0.2, 0.25) is 0 Å². The van der Waals surface area contributed by atoms with Gasteiger partial charge in [-0.05, 0) is 42.5 Å². The van der Waals surface area contributed by atoms with Gasteiger partial charge in [-0.25, -0.2) is 0 Å². The fourth-order valence-electron chi connectivity index (χ4n) is 1.63. The van der Waals surface area contributed by atoms with Crippen LogP contribution in [-0.4, -0.2) is 24.8 Å². The molecule has 0 saturated carbocycles. The molecule has 0 atom stereocenters. The highest BCUT2D eigenvalue weighted by molar-refractivity contribution is 8.18. The molecule has 1 aliphatic heterocycles. The van der Waals surface area contributed by atoms with Crippen molar-refractivity contribution in [3.8, 4) is 11.5 Å². The SMILES string of the molecule is CCOc1cc(/C=C2/SC(N)=NC2=O)ccc1OC. The van der Waals surface area contributed by atoms with Gasteiger partial charge in [0.15, 0.2) is 16.7 Å². The molecule has 2 N–H and O–H groups in total. The maximum absolute atomic E-state index is 11.5. The number of hydrogen-bond acceptors (Lipinski definition) is 5. The van der Waals surface area contributed by atoms with Crippen molar-refractivity contribution in [2.75, 3.05) is 13.7 Å². The number of amides is 1. The number of nitrogens with two attached hydrogens (primary N) is 1. The average Bonchev–Trinajstić information content (AvgIpc) is 2.69. The minimum absolute atomic E-state index is 0.273. The normalized spacial score (nSPS) is 16.6. The summed E-state index contributed by atoms with van der Waals surface area (Å²) in [5.74, 6) is 0.991. The van der Waals surface area contributed by atoms with E-state index in [1.165, 1.54) is 0 Å². The molecule has 0 radical (unpaired) electrons. The molecular formula is C13H14N2O3S. The van der Waals surface area contributed by atoms with Crippen molar-refractivity contribution in [1.82, 2.24) is 0 Å². The number of rotatable bonds is 4. The van der Waals surface area contributed by atoms with Crippen LogP contribution >= 0.6 is 11.8 Å². The second-order valence-corrected chi connectivity index (χ2v) is 4.77. The molecule has 1 aliphatic rings. The molecule has 1 aromatic carbocycles. The van der Waals surface area contributed by atoms with Gasteiger partial charge in [-0.3, -0.25) is 4.79 Å². The monoisotopic (exact) mass is 278 g/mol. The molecule has 0 spiro atoms. The molecule has 5 nitrogen and oxygen atoms in total. The van der Waals surface area contributed by atoms with Crippen LogP contribution in [0, 0.1) is 0 Å². The standard InChI is InChI=1S/C13H14N2O3S/c1-3-18-10-6-8(4-5-9(10)17-2)7-11-12(16)15-13(14)19-11/h4-7H,3H2,1-2H3,(H2,14,15,16)/b11-7+. The highest BCUT2D eigenvalue weighted by Gasteiger charge is 2.19. The zero-order valence-corrected chi connectivity index (χ0v) is 11.5. The minimum atomic E-state index is -0.309. The van der Waals surface area contributed by atoms with Crippen LogP contribution in [0.1, 0.15) is 12.5 Å². The van der Waals surface area contributed by atoms with Crippen molar-refractivity contribution in [1.29, 1.82) is 0 Å². The maximum Gasteiger partial charge on any atom is 0.286 e. The summed E-state index contributed by atoms with van der Waals surface area (Å²) >= 11 is 1.16. The Bertz CT molecular complexity index is 567. The number of aliphatic imine (C=N–C) groups is 1. The number of carbonyl (C=O) groups excluding carboxylic acids is 1. The van der Waals surface area contributed by atoms with Crippen molar-refractivity contribution in [3.05, 3.63) is 28.7 Å². The van der Waals surface area contributed by atoms with Crippen molar-refractivity contribution >= 4 is 28.9 Å². The zero-order chi connectivity index (χ0) is 13.8. The summed E-state index contributed by atoms with van der Waals surface area (Å²) in [5, 5.41) is 0.273. The first-order valence-corrected chi connectivity index (χ1v) is 6.54. The molecule has 1 amide bonds. The van der Waals surface area contributed by atoms with Crippen LogP contribution in [0.15, 0.2) is 28.1 Å². The Morgan fingerprint density at radius 1 is 1.42 bits per heavy atom. The summed E-state index contributed by atoms with van der Waals surface area (Å²) < 4.78 is 10.7. The zero-order valence-electron chi connectivity index (χ0n) is 10.7. The van der Waals surface area contributed by atoms with Gasteiger partial charge >= 0.3 is 0 Å². The number of ether oxygens (including phenoxy) is 2. The van der Waals surface area contributed by atoms with Crippen molar-refractivity contribution in [2.24, 2.45) is 10.7 Å². The van der Waals surface area contributed by atoms with Gasteiger partial charge in [0.25, 0.3) is 5.91 Å². The molecule has 0 aromatic heterocycles. The fourth-order valence-corrected chi connectivity index (χ4v) is 2.31. The molecule has 100 valence electrons. The van der Waals surface area contributed by atoms with Gasteiger partial charge in [-0.2, -0.15) is 4.99 Å². The lowest BCUT2D eigenvalue weighted by atomic mass is 10.2. The number of nitrogens with zero attached hydrogens (tertiary/aromatic N) is 1. The summed E-state index contributed by atoms with van der Waals surface area (Å²) in [6.07, 6.45) is 1.73. The molecule has 0 unspecified atom stereocenters. The highest BCUT2D eigenvalue weighted by Crippen LogP contribution is 2.31. The van der Waals surface area contributed by atoms with E-state index >= 15 is 0 Å². The van der Waals surface area contributed by atoms with Gasteiger partial charge < -0.3 is 15.2 Å². The first-order valence-electron chi connectivity index (χ1n) is 5.73. The second-order valence-electron chi connectivity index (χ2n) is 3.71. The molecule has 1 aromatic rings. The smallest absolute Gasteiger partial charge is 0.286 e. The quantitative estimate of drug-likeness (QED) is 0.853. The van der Waals surface area contributed by atoms with Crippen molar-refractivity contribution < 1.29 is 14.3 Å². The predicted octanol–water partition coefficient (Wildman–Crippen LogP) is 2.02. The number of hydrogen-bond donors (Lipinski definition) is 1. The van der Waals surface area contributed by atoms with Gasteiger partial charge in [0, 0.05) is 0 Å². The van der Waals surface area contributed by atoms with E-state index in [4.69, 9.17) is 15.2 Å². The maximum atomic E-state index is 11.5. The largest absolute Gasteiger partial charge is 0.493 e. The summed E-state index contributed by atoms with van der Waals surface area (Å²) in [4.78, 5) is 15.7. The van der Waals surface area contributed by atoms with Gasteiger partial charge in [0.2, 0.25) is 0 Å². The molecule has 2 rings (SSSR count). The van der Waals surface area contributed by atoms with E-state index in [1.54, 1.807) is 19.3 Å². The van der Waals surface area contributed by atoms with E-state index in [1.807, 2.05) is 19.1 Å². The third kappa shape index (κ3) is 3.08. The third-order valence-electron chi connectivity index (χ3n) is 2.42. The molecule has 0 saturated heterocycles. The van der Waals surface area contributed by atoms with Crippen LogP contribution in [0.3, 0.4) is 0 Å². The number of thioether (sulfide) groups is 1. The molecule has 0 fully saturated rings. The third-order valence-corrected chi connectivity index (χ3v) is 3.24. The second kappa shape index (κ2) is 5.79. The lowest BCUT2D eigenvalue weighted by Crippen LogP contribution is -2.01. The average molecular weight is 278 g/mol. The van der Waals surface area contributed by atoms with E-state index in [0.29, 0.717) is 23.0 Å². The summed E-state index contributed by atoms with van der Waals surface area (Å²) in [6, 6.07) is 5.46. The van der Waals surface area contributed by atoms with Gasteiger partial charge in [-0.15, -0.1) is 0 Å². The van der Waals surface area contributed by atoms with Crippen LogP contribution in [0.4, 0.5) is 0 Å². The van der Waals surface area contributed by atoms with E-state index in [9.17, 15) is 4.79 Å². The van der Waals surface area contributed by atoms with E-state index in [0.717, 1.165) is 17.3 Å². The van der Waals surface area contributed by atoms with Gasteiger partial charge in [0.1, 0.15) is 0 Å². The Morgan fingerprint density at radius 2 is 2.21 bits per heavy atom.